The Balaban J connectivity index is 0.741. The summed E-state index contributed by atoms with van der Waals surface area (Å²) in [5, 5.41) is 19.7. The molecule has 6 saturated heterocycles. The van der Waals surface area contributed by atoms with E-state index < -0.39 is 214 Å². The number of benzene rings is 2. The number of esters is 1. The standard InChI is InChI=1S/C77H117N7O32/c1-37-53(79-39(3)85)59(94-8)67(102-16)74(107-37)113-57-48(35-92-6)111-76(69(104-18)63(57)98-12)116-56-47(34-91-5)110-73(66(101-15)62(56)97-11)81-51(87)30-78-71(89)45-31-84(83-82-45)54-38(2)108-75(68(103-17)60(54)95-9)114-58-49(36-93-7)112-77(70(105-19)64(58)99-13)115-55-46(33-90-4)109-72(65(100-14)61(55)96-10)80-50(86)28-29-52(88)106-32-44-42-26-22-20-24-40(42)41-25-21-23-27-43(41)44/h20-27,31,37-38,44,46-49,53-70,72-77H,28-30,32-36H2,1-19H3,(H,78,89)(H,79,85)(H,80,86)(H,81,87)/t37?,38?,46?,47?,48?,49?,53-,54-,55?,56?,57?,58?,59?,60?,61?,62?,63?,64?,65?,66?,67?,68?,69?,70?,72?,73?,74?,75?,76?,77?/m1/s1. The molecule has 28 unspecified atom stereocenters. The van der Waals surface area contributed by atoms with Crippen LogP contribution in [0.2, 0.25) is 0 Å². The van der Waals surface area contributed by atoms with Crippen molar-refractivity contribution in [1.29, 1.82) is 0 Å². The Morgan fingerprint density at radius 2 is 0.784 bits per heavy atom. The molecule has 0 saturated carbocycles. The molecule has 6 aliphatic heterocycles. The van der Waals surface area contributed by atoms with E-state index in [0.29, 0.717) is 0 Å². The maximum Gasteiger partial charge on any atom is 0.306 e. The summed E-state index contributed by atoms with van der Waals surface area (Å²) in [5.74, 6) is -2.90. The number of nitrogens with one attached hydrogen (secondary N) is 4. The van der Waals surface area contributed by atoms with Gasteiger partial charge in [-0.1, -0.05) is 53.7 Å². The summed E-state index contributed by atoms with van der Waals surface area (Å²) < 4.78 is 169. The Labute approximate surface area is 674 Å². The molecule has 30 atom stereocenters. The van der Waals surface area contributed by atoms with Gasteiger partial charge in [0.25, 0.3) is 5.91 Å². The van der Waals surface area contributed by atoms with Crippen molar-refractivity contribution in [2.75, 3.05) is 153 Å². The highest BCUT2D eigenvalue weighted by Crippen LogP contribution is 2.46. The SMILES string of the molecule is COCC1OC(NC(=O)CNC(=O)c2cn([C@@H]3C(C)OC(OC4C(COC)OC(OC5C(COC)OC(NC(=O)CCC(=O)OCC6c7ccccc7-c7ccccc76)C(OC)C5OC)C(OC)C4OC)C(OC)C3OC)nn2)C(OC)C(OC)C1OC1OC(COC)C(OC2OC(C)[C@@H](NC(C)=O)C(OC)C2OC)C(OC)C1OC. The molecular weight excluding hydrogens is 1530 g/mol. The summed E-state index contributed by atoms with van der Waals surface area (Å²) in [6.45, 7) is 4.31. The van der Waals surface area contributed by atoms with E-state index in [1.807, 2.05) is 36.4 Å². The van der Waals surface area contributed by atoms with Crippen molar-refractivity contribution in [1.82, 2.24) is 36.3 Å². The highest BCUT2D eigenvalue weighted by atomic mass is 16.8. The molecule has 2 aromatic carbocycles. The highest BCUT2D eigenvalue weighted by molar-refractivity contribution is 5.94. The number of methoxy groups -OCH3 is 16. The number of nitrogens with zero attached hydrogens (tertiary/aromatic N) is 3. The topological polar surface area (TPSA) is 413 Å². The predicted octanol–water partition coefficient (Wildman–Crippen LogP) is 0.118. The molecule has 116 heavy (non-hydrogen) atoms. The number of rotatable bonds is 40. The molecule has 1 aliphatic carbocycles. The molecule has 652 valence electrons. The number of amides is 4. The van der Waals surface area contributed by atoms with E-state index in [9.17, 15) is 24.0 Å². The first-order chi connectivity index (χ1) is 56.1. The van der Waals surface area contributed by atoms with Crippen LogP contribution in [0.25, 0.3) is 11.1 Å². The van der Waals surface area contributed by atoms with Gasteiger partial charge >= 0.3 is 5.97 Å². The van der Waals surface area contributed by atoms with Gasteiger partial charge in [-0.3, -0.25) is 24.0 Å². The minimum atomic E-state index is -1.22. The first kappa shape index (κ1) is 92.2. The predicted molar refractivity (Wildman–Crippen MR) is 399 cm³/mol. The number of hydrogen-bond donors (Lipinski definition) is 4. The van der Waals surface area contributed by atoms with Crippen molar-refractivity contribution in [3.05, 3.63) is 71.5 Å². The van der Waals surface area contributed by atoms with Crippen molar-refractivity contribution >= 4 is 29.6 Å². The quantitative estimate of drug-likeness (QED) is 0.0549. The number of aromatic nitrogens is 3. The van der Waals surface area contributed by atoms with Gasteiger partial charge in [-0.15, -0.1) is 5.10 Å². The first-order valence-electron chi connectivity index (χ1n) is 38.4. The number of carbonyl (C=O) groups is 5. The van der Waals surface area contributed by atoms with E-state index in [1.54, 1.807) is 13.8 Å². The number of hydrogen-bond acceptors (Lipinski definition) is 34. The molecule has 6 fully saturated rings. The van der Waals surface area contributed by atoms with Gasteiger partial charge < -0.3 is 149 Å². The highest BCUT2D eigenvalue weighted by Gasteiger charge is 2.59. The number of ether oxygens (including phenoxy) is 27. The lowest BCUT2D eigenvalue weighted by Crippen LogP contribution is -2.69. The van der Waals surface area contributed by atoms with E-state index in [-0.39, 0.29) is 63.4 Å². The van der Waals surface area contributed by atoms with Gasteiger partial charge in [-0.25, -0.2) is 4.68 Å². The van der Waals surface area contributed by atoms with Crippen molar-refractivity contribution in [2.24, 2.45) is 0 Å². The van der Waals surface area contributed by atoms with Gasteiger partial charge in [0, 0.05) is 133 Å². The fraction of sp³-hybridized carbons (Fsp3) is 0.753. The Morgan fingerprint density at radius 3 is 1.21 bits per heavy atom. The summed E-state index contributed by atoms with van der Waals surface area (Å²) in [5.41, 5.74) is 4.18. The van der Waals surface area contributed by atoms with Crippen LogP contribution in [0.4, 0.5) is 0 Å². The fourth-order valence-corrected chi connectivity index (χ4v) is 16.8. The van der Waals surface area contributed by atoms with Gasteiger partial charge in [0.1, 0.15) is 135 Å². The molecule has 0 spiro atoms. The lowest BCUT2D eigenvalue weighted by Gasteiger charge is -2.51. The molecule has 3 aromatic rings. The van der Waals surface area contributed by atoms with Crippen molar-refractivity contribution in [3.63, 3.8) is 0 Å². The number of carbonyl (C=O) groups excluding carboxylic acids is 5. The molecule has 4 N–H and O–H groups in total. The third-order valence-electron chi connectivity index (χ3n) is 22.1. The largest absolute Gasteiger partial charge is 0.465 e. The maximum absolute atomic E-state index is 14.0. The van der Waals surface area contributed by atoms with Gasteiger partial charge in [-0.2, -0.15) is 0 Å². The molecule has 0 radical (unpaired) electrons. The second-order valence-corrected chi connectivity index (χ2v) is 28.9. The molecule has 39 nitrogen and oxygen atoms in total. The average Bonchev–Trinajstić information content (AvgIpc) is 1.15. The Kier molecular flexibility index (Phi) is 34.9. The van der Waals surface area contributed by atoms with E-state index in [2.05, 4.69) is 43.7 Å². The van der Waals surface area contributed by atoms with E-state index >= 15 is 0 Å². The van der Waals surface area contributed by atoms with Crippen molar-refractivity contribution < 1.29 is 152 Å². The van der Waals surface area contributed by atoms with Crippen LogP contribution in [0.15, 0.2) is 54.7 Å². The van der Waals surface area contributed by atoms with Crippen LogP contribution in [-0.2, 0) is 147 Å². The van der Waals surface area contributed by atoms with E-state index in [4.69, 9.17) is 128 Å². The van der Waals surface area contributed by atoms with Crippen LogP contribution >= 0.6 is 0 Å². The molecule has 0 bridgehead atoms. The summed E-state index contributed by atoms with van der Waals surface area (Å²) in [6, 6.07) is 14.7. The second kappa shape index (κ2) is 43.9. The molecule has 39 heteroatoms. The first-order valence-corrected chi connectivity index (χ1v) is 38.4. The van der Waals surface area contributed by atoms with E-state index in [0.717, 1.165) is 22.3 Å². The lowest BCUT2D eigenvalue weighted by molar-refractivity contribution is -0.376. The fourth-order valence-electron chi connectivity index (χ4n) is 16.8. The van der Waals surface area contributed by atoms with Crippen LogP contribution in [0.3, 0.4) is 0 Å². The zero-order valence-corrected chi connectivity index (χ0v) is 69.2. The van der Waals surface area contributed by atoms with Crippen molar-refractivity contribution in [3.8, 4) is 11.1 Å². The Hall–Kier alpha value is -6.11. The van der Waals surface area contributed by atoms with E-state index in [1.165, 1.54) is 132 Å². The third kappa shape index (κ3) is 20.7. The normalized spacial score (nSPS) is 35.9. The van der Waals surface area contributed by atoms with Crippen LogP contribution in [0.5, 0.6) is 0 Å². The number of fused-ring (bicyclic) bond motifs is 3. The minimum absolute atomic E-state index is 0.0141. The van der Waals surface area contributed by atoms with Crippen LogP contribution in [-0.4, -0.2) is 376 Å². The summed E-state index contributed by atoms with van der Waals surface area (Å²) in [4.78, 5) is 67.0. The maximum atomic E-state index is 14.0. The lowest BCUT2D eigenvalue weighted by atomic mass is 9.94. The Bertz CT molecular complexity index is 3530. The third-order valence-corrected chi connectivity index (χ3v) is 22.1. The molecule has 7 aliphatic rings. The monoisotopic (exact) mass is 1650 g/mol. The van der Waals surface area contributed by atoms with Gasteiger partial charge in [0.05, 0.1) is 63.8 Å². The molecule has 7 heterocycles. The van der Waals surface area contributed by atoms with Gasteiger partial charge in [-0.05, 0) is 36.1 Å². The van der Waals surface area contributed by atoms with Crippen molar-refractivity contribution in [2.45, 2.75) is 224 Å². The zero-order chi connectivity index (χ0) is 83.6. The smallest absolute Gasteiger partial charge is 0.306 e. The van der Waals surface area contributed by atoms with Crippen LogP contribution in [0.1, 0.15) is 67.2 Å². The average molecular weight is 1650 g/mol. The molecular formula is C77H117N7O32. The molecule has 4 amide bonds. The van der Waals surface area contributed by atoms with Gasteiger partial charge in [0.2, 0.25) is 17.7 Å². The molecule has 1 aromatic heterocycles. The van der Waals surface area contributed by atoms with Crippen LogP contribution < -0.4 is 21.3 Å². The van der Waals surface area contributed by atoms with Crippen LogP contribution in [0, 0.1) is 0 Å². The second-order valence-electron chi connectivity index (χ2n) is 28.9. The molecule has 10 rings (SSSR count). The summed E-state index contributed by atoms with van der Waals surface area (Å²) in [7, 11) is 23.5. The van der Waals surface area contributed by atoms with Gasteiger partial charge in [0.15, 0.2) is 43.3 Å². The zero-order valence-electron chi connectivity index (χ0n) is 69.2. The minimum Gasteiger partial charge on any atom is -0.465 e. The summed E-state index contributed by atoms with van der Waals surface area (Å²) in [6.07, 6.45) is -26.1. The Morgan fingerprint density at radius 1 is 0.405 bits per heavy atom. The summed E-state index contributed by atoms with van der Waals surface area (Å²) >= 11 is 0.